The number of nitrogens with zero attached hydrogens (tertiary/aromatic N) is 1. The van der Waals surface area contributed by atoms with Gasteiger partial charge in [-0.2, -0.15) is 0 Å². The van der Waals surface area contributed by atoms with Crippen LogP contribution in [0.3, 0.4) is 0 Å². The summed E-state index contributed by atoms with van der Waals surface area (Å²) in [5.74, 6) is 0. The van der Waals surface area contributed by atoms with Gasteiger partial charge in [-0.15, -0.1) is 24.8 Å². The summed E-state index contributed by atoms with van der Waals surface area (Å²) in [5.41, 5.74) is 2.39. The lowest BCUT2D eigenvalue weighted by Crippen LogP contribution is -2.49. The van der Waals surface area contributed by atoms with Crippen LogP contribution in [-0.4, -0.2) is 35.2 Å². The fraction of sp³-hybridized carbons (Fsp3) is 0.333. The van der Waals surface area contributed by atoms with Gasteiger partial charge in [0.25, 0.3) is 0 Å². The third-order valence-corrected chi connectivity index (χ3v) is 4.04. The van der Waals surface area contributed by atoms with Gasteiger partial charge in [0.1, 0.15) is 0 Å². The van der Waals surface area contributed by atoms with Crippen LogP contribution in [0.4, 0.5) is 5.69 Å². The maximum absolute atomic E-state index is 10.4. The Kier molecular flexibility index (Phi) is 8.42. The van der Waals surface area contributed by atoms with E-state index in [1.807, 2.05) is 36.4 Å². The first kappa shape index (κ1) is 19.8. The number of rotatable bonds is 4. The van der Waals surface area contributed by atoms with E-state index in [2.05, 4.69) is 34.5 Å². The number of β-amino-alcohol motifs (C(OH)–C–C–N with tert-alkyl or cyclic N) is 1. The topological polar surface area (TPSA) is 35.5 Å². The van der Waals surface area contributed by atoms with Crippen LogP contribution in [0.1, 0.15) is 12.0 Å². The number of benzene rings is 2. The van der Waals surface area contributed by atoms with Crippen LogP contribution < -0.4 is 5.32 Å². The second-order valence-corrected chi connectivity index (χ2v) is 5.69. The third-order valence-electron chi connectivity index (χ3n) is 4.04. The van der Waals surface area contributed by atoms with E-state index in [-0.39, 0.29) is 37.0 Å². The fourth-order valence-electron chi connectivity index (χ4n) is 2.90. The number of likely N-dealkylation sites (tertiary alicyclic amines) is 1. The van der Waals surface area contributed by atoms with Crippen molar-refractivity contribution >= 4 is 30.5 Å². The van der Waals surface area contributed by atoms with Crippen molar-refractivity contribution in [2.45, 2.75) is 25.1 Å². The molecular weight excluding hydrogens is 331 g/mol. The highest BCUT2D eigenvalue weighted by Crippen LogP contribution is 2.18. The molecule has 23 heavy (non-hydrogen) atoms. The first-order chi connectivity index (χ1) is 10.3. The molecule has 0 saturated carbocycles. The standard InChI is InChI=1S/C18H22N2O.2ClH/c21-18-14-20(13-15-7-3-1-4-8-15)12-11-17(18)19-16-9-5-2-6-10-16;;/h1-10,17-19,21H,11-14H2;2*1H/t17-,18-;;/m1../s1. The van der Waals surface area contributed by atoms with Gasteiger partial charge < -0.3 is 10.4 Å². The molecule has 3 nitrogen and oxygen atoms in total. The Morgan fingerprint density at radius 1 is 0.957 bits per heavy atom. The summed E-state index contributed by atoms with van der Waals surface area (Å²) in [4.78, 5) is 2.32. The van der Waals surface area contributed by atoms with Crippen molar-refractivity contribution in [2.75, 3.05) is 18.4 Å². The number of anilines is 1. The normalized spacial score (nSPS) is 20.9. The molecule has 1 aliphatic heterocycles. The van der Waals surface area contributed by atoms with Crippen LogP contribution in [0, 0.1) is 0 Å². The number of hydrogen-bond acceptors (Lipinski definition) is 3. The molecule has 0 spiro atoms. The van der Waals surface area contributed by atoms with Crippen LogP contribution in [0.5, 0.6) is 0 Å². The minimum absolute atomic E-state index is 0. The fourth-order valence-corrected chi connectivity index (χ4v) is 2.90. The summed E-state index contributed by atoms with van der Waals surface area (Å²) in [7, 11) is 0. The summed E-state index contributed by atoms with van der Waals surface area (Å²) in [6, 6.07) is 20.7. The van der Waals surface area contributed by atoms with Gasteiger partial charge in [0, 0.05) is 25.3 Å². The number of hydrogen-bond donors (Lipinski definition) is 2. The molecule has 126 valence electrons. The summed E-state index contributed by atoms with van der Waals surface area (Å²) in [5, 5.41) is 13.8. The zero-order chi connectivity index (χ0) is 14.5. The van der Waals surface area contributed by atoms with E-state index in [1.54, 1.807) is 0 Å². The van der Waals surface area contributed by atoms with Gasteiger partial charge in [0.2, 0.25) is 0 Å². The minimum Gasteiger partial charge on any atom is -0.390 e. The molecule has 1 fully saturated rings. The van der Waals surface area contributed by atoms with Gasteiger partial charge in [0.05, 0.1) is 12.1 Å². The van der Waals surface area contributed by atoms with Gasteiger partial charge in [-0.25, -0.2) is 0 Å². The summed E-state index contributed by atoms with van der Waals surface area (Å²) < 4.78 is 0. The SMILES string of the molecule is Cl.Cl.O[C@@H]1CN(Cc2ccccc2)CC[C@H]1Nc1ccccc1. The van der Waals surface area contributed by atoms with Gasteiger partial charge in [0.15, 0.2) is 0 Å². The lowest BCUT2D eigenvalue weighted by atomic mass is 10.0. The molecule has 0 aliphatic carbocycles. The van der Waals surface area contributed by atoms with E-state index in [1.165, 1.54) is 5.56 Å². The van der Waals surface area contributed by atoms with Crippen molar-refractivity contribution < 1.29 is 5.11 Å². The van der Waals surface area contributed by atoms with Gasteiger partial charge in [-0.3, -0.25) is 4.90 Å². The van der Waals surface area contributed by atoms with Gasteiger partial charge >= 0.3 is 0 Å². The van der Waals surface area contributed by atoms with E-state index < -0.39 is 0 Å². The van der Waals surface area contributed by atoms with Crippen LogP contribution in [-0.2, 0) is 6.54 Å². The molecule has 2 aromatic rings. The Morgan fingerprint density at radius 3 is 2.17 bits per heavy atom. The van der Waals surface area contributed by atoms with Crippen LogP contribution in [0.15, 0.2) is 60.7 Å². The van der Waals surface area contributed by atoms with Gasteiger partial charge in [-0.05, 0) is 24.1 Å². The highest BCUT2D eigenvalue weighted by Gasteiger charge is 2.27. The van der Waals surface area contributed by atoms with Crippen LogP contribution in [0.25, 0.3) is 0 Å². The molecule has 1 saturated heterocycles. The lowest BCUT2D eigenvalue weighted by Gasteiger charge is -2.36. The molecule has 2 atom stereocenters. The van der Waals surface area contributed by atoms with Crippen molar-refractivity contribution in [2.24, 2.45) is 0 Å². The monoisotopic (exact) mass is 354 g/mol. The van der Waals surface area contributed by atoms with E-state index in [0.717, 1.165) is 31.7 Å². The molecule has 0 amide bonds. The maximum atomic E-state index is 10.4. The van der Waals surface area contributed by atoms with Gasteiger partial charge in [-0.1, -0.05) is 48.5 Å². The highest BCUT2D eigenvalue weighted by atomic mass is 35.5. The first-order valence-corrected chi connectivity index (χ1v) is 7.57. The molecular formula is C18H24Cl2N2O. The molecule has 2 aromatic carbocycles. The van der Waals surface area contributed by atoms with Crippen LogP contribution >= 0.6 is 24.8 Å². The number of para-hydroxylation sites is 1. The number of halogens is 2. The second-order valence-electron chi connectivity index (χ2n) is 5.69. The molecule has 0 bridgehead atoms. The second kappa shape index (κ2) is 9.78. The van der Waals surface area contributed by atoms with E-state index in [4.69, 9.17) is 0 Å². The Hall–Kier alpha value is -1.26. The van der Waals surface area contributed by atoms with E-state index in [9.17, 15) is 5.11 Å². The predicted octanol–water partition coefficient (Wildman–Crippen LogP) is 3.58. The molecule has 3 rings (SSSR count). The highest BCUT2D eigenvalue weighted by molar-refractivity contribution is 5.85. The largest absolute Gasteiger partial charge is 0.390 e. The van der Waals surface area contributed by atoms with Crippen molar-refractivity contribution in [1.29, 1.82) is 0 Å². The maximum Gasteiger partial charge on any atom is 0.0868 e. The number of aliphatic hydroxyl groups excluding tert-OH is 1. The summed E-state index contributed by atoms with van der Waals surface area (Å²) in [6.45, 7) is 2.64. The van der Waals surface area contributed by atoms with E-state index in [0.29, 0.717) is 0 Å². The van der Waals surface area contributed by atoms with Crippen molar-refractivity contribution in [1.82, 2.24) is 4.90 Å². The number of aliphatic hydroxyl groups is 1. The smallest absolute Gasteiger partial charge is 0.0868 e. The molecule has 2 N–H and O–H groups in total. The Morgan fingerprint density at radius 2 is 1.57 bits per heavy atom. The van der Waals surface area contributed by atoms with Crippen LogP contribution in [0.2, 0.25) is 0 Å². The molecule has 0 radical (unpaired) electrons. The molecule has 0 unspecified atom stereocenters. The third kappa shape index (κ3) is 5.70. The summed E-state index contributed by atoms with van der Waals surface area (Å²) in [6.07, 6.45) is 0.630. The zero-order valence-electron chi connectivity index (χ0n) is 13.0. The lowest BCUT2D eigenvalue weighted by molar-refractivity contribution is 0.0562. The molecule has 1 aliphatic rings. The Balaban J connectivity index is 0.00000132. The average Bonchev–Trinajstić information content (AvgIpc) is 2.52. The molecule has 1 heterocycles. The average molecular weight is 355 g/mol. The van der Waals surface area contributed by atoms with Crippen molar-refractivity contribution in [3.63, 3.8) is 0 Å². The van der Waals surface area contributed by atoms with Crippen molar-refractivity contribution in [3.8, 4) is 0 Å². The quantitative estimate of drug-likeness (QED) is 0.880. The van der Waals surface area contributed by atoms with E-state index >= 15 is 0 Å². The predicted molar refractivity (Wildman–Crippen MR) is 101 cm³/mol. The Labute approximate surface area is 150 Å². The zero-order valence-corrected chi connectivity index (χ0v) is 14.6. The first-order valence-electron chi connectivity index (χ1n) is 7.57. The number of nitrogens with one attached hydrogen (secondary N) is 1. The molecule has 5 heteroatoms. The number of piperidine rings is 1. The van der Waals surface area contributed by atoms with Crippen molar-refractivity contribution in [3.05, 3.63) is 66.2 Å². The summed E-state index contributed by atoms with van der Waals surface area (Å²) >= 11 is 0. The molecule has 0 aromatic heterocycles. The minimum atomic E-state index is -0.331. The Bertz CT molecular complexity index is 553.